The molecule has 1 aliphatic rings. The van der Waals surface area contributed by atoms with E-state index in [4.69, 9.17) is 0 Å². The monoisotopic (exact) mass is 201 g/mol. The van der Waals surface area contributed by atoms with Crippen molar-refractivity contribution in [2.75, 3.05) is 7.11 Å². The predicted octanol–water partition coefficient (Wildman–Crippen LogP) is 2.59. The van der Waals surface area contributed by atoms with Gasteiger partial charge >= 0.3 is 5.97 Å². The van der Waals surface area contributed by atoms with Crippen LogP contribution in [0.2, 0.25) is 0 Å². The summed E-state index contributed by atoms with van der Waals surface area (Å²) in [5, 5.41) is 0. The molecule has 0 unspecified atom stereocenters. The highest BCUT2D eigenvalue weighted by atomic mass is 16.5. The van der Waals surface area contributed by atoms with Crippen LogP contribution in [0.3, 0.4) is 0 Å². The fourth-order valence-electron chi connectivity index (χ4n) is 1.45. The van der Waals surface area contributed by atoms with Crippen molar-refractivity contribution < 1.29 is 9.53 Å². The molecule has 0 aliphatic carbocycles. The number of allylic oxidation sites excluding steroid dienone is 1. The van der Waals surface area contributed by atoms with Crippen LogP contribution in [-0.2, 0) is 4.74 Å². The summed E-state index contributed by atoms with van der Waals surface area (Å²) >= 11 is 0. The zero-order valence-corrected chi connectivity index (χ0v) is 8.43. The van der Waals surface area contributed by atoms with Crippen molar-refractivity contribution in [2.45, 2.75) is 6.42 Å². The van der Waals surface area contributed by atoms with E-state index in [1.165, 1.54) is 7.11 Å². The fourth-order valence-corrected chi connectivity index (χ4v) is 1.45. The predicted molar refractivity (Wildman–Crippen MR) is 59.6 cm³/mol. The largest absolute Gasteiger partial charge is 0.465 e. The molecule has 0 atom stereocenters. The van der Waals surface area contributed by atoms with E-state index in [1.54, 1.807) is 12.1 Å². The van der Waals surface area contributed by atoms with Crippen LogP contribution in [0.4, 0.5) is 5.69 Å². The molecular formula is C12H11NO2. The van der Waals surface area contributed by atoms with Gasteiger partial charge in [0.2, 0.25) is 0 Å². The number of fused-ring (bicyclic) bond motifs is 1. The van der Waals surface area contributed by atoms with Crippen molar-refractivity contribution >= 4 is 23.9 Å². The zero-order valence-electron chi connectivity index (χ0n) is 8.43. The Morgan fingerprint density at radius 2 is 2.33 bits per heavy atom. The SMILES string of the molecule is COC(=O)c1ccc2c(c1)N=CCC=C2. The molecule has 0 saturated heterocycles. The van der Waals surface area contributed by atoms with E-state index in [1.807, 2.05) is 24.4 Å². The second-order valence-electron chi connectivity index (χ2n) is 3.21. The van der Waals surface area contributed by atoms with E-state index in [9.17, 15) is 4.79 Å². The van der Waals surface area contributed by atoms with Crippen molar-refractivity contribution in [3.63, 3.8) is 0 Å². The molecule has 3 nitrogen and oxygen atoms in total. The third-order valence-corrected chi connectivity index (χ3v) is 2.22. The number of aliphatic imine (C=N–C) groups is 1. The summed E-state index contributed by atoms with van der Waals surface area (Å²) in [6.07, 6.45) is 6.68. The highest BCUT2D eigenvalue weighted by Crippen LogP contribution is 2.24. The number of hydrogen-bond donors (Lipinski definition) is 0. The fraction of sp³-hybridized carbons (Fsp3) is 0.167. The van der Waals surface area contributed by atoms with Gasteiger partial charge in [-0.1, -0.05) is 18.2 Å². The lowest BCUT2D eigenvalue weighted by molar-refractivity contribution is 0.0601. The Hall–Kier alpha value is -1.90. The average molecular weight is 201 g/mol. The minimum absolute atomic E-state index is 0.332. The quantitative estimate of drug-likeness (QED) is 0.655. The molecule has 1 aromatic rings. The van der Waals surface area contributed by atoms with E-state index in [-0.39, 0.29) is 5.97 Å². The van der Waals surface area contributed by atoms with Crippen molar-refractivity contribution in [2.24, 2.45) is 4.99 Å². The van der Waals surface area contributed by atoms with E-state index < -0.39 is 0 Å². The average Bonchev–Trinajstić information content (AvgIpc) is 2.51. The number of rotatable bonds is 1. The molecule has 2 rings (SSSR count). The second kappa shape index (κ2) is 4.09. The minimum atomic E-state index is -0.332. The van der Waals surface area contributed by atoms with Gasteiger partial charge in [0.25, 0.3) is 0 Å². The Kier molecular flexibility index (Phi) is 2.63. The topological polar surface area (TPSA) is 38.7 Å². The minimum Gasteiger partial charge on any atom is -0.465 e. The second-order valence-corrected chi connectivity index (χ2v) is 3.21. The van der Waals surface area contributed by atoms with E-state index in [2.05, 4.69) is 9.73 Å². The number of benzene rings is 1. The Labute approximate surface area is 88.1 Å². The summed E-state index contributed by atoms with van der Waals surface area (Å²) < 4.78 is 4.65. The lowest BCUT2D eigenvalue weighted by atomic mass is 10.1. The number of methoxy groups -OCH3 is 1. The Morgan fingerprint density at radius 3 is 3.13 bits per heavy atom. The van der Waals surface area contributed by atoms with Gasteiger partial charge in [-0.15, -0.1) is 0 Å². The Morgan fingerprint density at radius 1 is 1.47 bits per heavy atom. The number of carbonyl (C=O) groups is 1. The molecule has 1 aliphatic heterocycles. The van der Waals surface area contributed by atoms with Crippen LogP contribution in [0, 0.1) is 0 Å². The summed E-state index contributed by atoms with van der Waals surface area (Å²) in [6.45, 7) is 0. The van der Waals surface area contributed by atoms with Crippen LogP contribution < -0.4 is 0 Å². The Bertz CT molecular complexity index is 447. The number of nitrogens with zero attached hydrogens (tertiary/aromatic N) is 1. The smallest absolute Gasteiger partial charge is 0.337 e. The highest BCUT2D eigenvalue weighted by molar-refractivity contribution is 5.91. The first-order valence-corrected chi connectivity index (χ1v) is 4.72. The normalized spacial score (nSPS) is 13.1. The standard InChI is InChI=1S/C12H11NO2/c1-15-12(14)10-6-5-9-4-2-3-7-13-11(9)8-10/h2,4-8H,3H2,1H3. The summed E-state index contributed by atoms with van der Waals surface area (Å²) in [7, 11) is 1.37. The molecule has 0 aromatic heterocycles. The van der Waals surface area contributed by atoms with Gasteiger partial charge in [0.05, 0.1) is 18.4 Å². The summed E-state index contributed by atoms with van der Waals surface area (Å²) in [6, 6.07) is 5.36. The highest BCUT2D eigenvalue weighted by Gasteiger charge is 2.08. The van der Waals surface area contributed by atoms with E-state index in [0.717, 1.165) is 17.7 Å². The van der Waals surface area contributed by atoms with Gasteiger partial charge in [0.1, 0.15) is 0 Å². The van der Waals surface area contributed by atoms with Gasteiger partial charge in [0, 0.05) is 12.6 Å². The molecule has 0 saturated carbocycles. The molecular weight excluding hydrogens is 190 g/mol. The molecule has 3 heteroatoms. The molecule has 76 valence electrons. The van der Waals surface area contributed by atoms with Gasteiger partial charge in [-0.05, 0) is 17.7 Å². The lowest BCUT2D eigenvalue weighted by Crippen LogP contribution is -2.00. The van der Waals surface area contributed by atoms with Crippen LogP contribution in [0.15, 0.2) is 29.3 Å². The number of hydrogen-bond acceptors (Lipinski definition) is 3. The van der Waals surface area contributed by atoms with Gasteiger partial charge in [0.15, 0.2) is 0 Å². The first-order valence-electron chi connectivity index (χ1n) is 4.72. The number of carbonyl (C=O) groups excluding carboxylic acids is 1. The van der Waals surface area contributed by atoms with Crippen molar-refractivity contribution in [1.29, 1.82) is 0 Å². The summed E-state index contributed by atoms with van der Waals surface area (Å²) in [5.74, 6) is -0.332. The molecule has 0 radical (unpaired) electrons. The molecule has 0 amide bonds. The van der Waals surface area contributed by atoms with Crippen LogP contribution in [0.25, 0.3) is 6.08 Å². The van der Waals surface area contributed by atoms with Crippen molar-refractivity contribution in [3.05, 3.63) is 35.4 Å². The molecule has 0 fully saturated rings. The first kappa shape index (κ1) is 9.65. The summed E-state index contributed by atoms with van der Waals surface area (Å²) in [5.41, 5.74) is 2.37. The first-order chi connectivity index (χ1) is 7.31. The van der Waals surface area contributed by atoms with Crippen LogP contribution in [0.5, 0.6) is 0 Å². The van der Waals surface area contributed by atoms with E-state index in [0.29, 0.717) is 5.56 Å². The third-order valence-electron chi connectivity index (χ3n) is 2.22. The molecule has 0 N–H and O–H groups in total. The molecule has 0 spiro atoms. The van der Waals surface area contributed by atoms with Gasteiger partial charge in [-0.3, -0.25) is 4.99 Å². The maximum absolute atomic E-state index is 11.3. The lowest BCUT2D eigenvalue weighted by Gasteiger charge is -2.03. The van der Waals surface area contributed by atoms with Crippen LogP contribution in [-0.4, -0.2) is 19.3 Å². The maximum Gasteiger partial charge on any atom is 0.337 e. The summed E-state index contributed by atoms with van der Waals surface area (Å²) in [4.78, 5) is 15.6. The van der Waals surface area contributed by atoms with Gasteiger partial charge in [-0.2, -0.15) is 0 Å². The molecule has 15 heavy (non-hydrogen) atoms. The van der Waals surface area contributed by atoms with Gasteiger partial charge in [-0.25, -0.2) is 4.79 Å². The van der Waals surface area contributed by atoms with Gasteiger partial charge < -0.3 is 4.74 Å². The van der Waals surface area contributed by atoms with Crippen LogP contribution in [0.1, 0.15) is 22.3 Å². The molecule has 1 heterocycles. The molecule has 1 aromatic carbocycles. The Balaban J connectivity index is 2.45. The zero-order chi connectivity index (χ0) is 10.7. The molecule has 0 bridgehead atoms. The third kappa shape index (κ3) is 1.96. The number of ether oxygens (including phenoxy) is 1. The number of esters is 1. The van der Waals surface area contributed by atoms with Crippen molar-refractivity contribution in [3.8, 4) is 0 Å². The maximum atomic E-state index is 11.3. The van der Waals surface area contributed by atoms with Crippen molar-refractivity contribution in [1.82, 2.24) is 0 Å². The van der Waals surface area contributed by atoms with Crippen LogP contribution >= 0.6 is 0 Å². The van der Waals surface area contributed by atoms with E-state index >= 15 is 0 Å².